The number of hydrogen-bond donors (Lipinski definition) is 4. The minimum Gasteiger partial charge on any atom is -0.467 e. The summed E-state index contributed by atoms with van der Waals surface area (Å²) < 4.78 is 12.5. The molecule has 10 heteroatoms. The van der Waals surface area contributed by atoms with Crippen LogP contribution in [0.2, 0.25) is 0 Å². The zero-order chi connectivity index (χ0) is 25.1. The molecule has 0 spiro atoms. The smallest absolute Gasteiger partial charge is 0.320 e. The van der Waals surface area contributed by atoms with Gasteiger partial charge in [0.25, 0.3) is 0 Å². The van der Waals surface area contributed by atoms with E-state index in [0.29, 0.717) is 23.5 Å². The summed E-state index contributed by atoms with van der Waals surface area (Å²) in [6.45, 7) is 0.181. The summed E-state index contributed by atoms with van der Waals surface area (Å²) in [6, 6.07) is 20.8. The first-order valence-corrected chi connectivity index (χ1v) is 11.9. The molecule has 2 aromatic heterocycles. The van der Waals surface area contributed by atoms with Gasteiger partial charge in [0.15, 0.2) is 23.2 Å². The average Bonchev–Trinajstić information content (AvgIpc) is 3.47. The molecule has 1 saturated heterocycles. The molecule has 4 atom stereocenters. The lowest BCUT2D eigenvalue weighted by Gasteiger charge is -2.19. The molecule has 2 aromatic carbocycles. The fourth-order valence-corrected chi connectivity index (χ4v) is 4.64. The summed E-state index contributed by atoms with van der Waals surface area (Å²) in [5.74, 6) is 0.679. The Hall–Kier alpha value is -3.57. The minimum atomic E-state index is -1.26. The topological polar surface area (TPSA) is 135 Å². The van der Waals surface area contributed by atoms with Gasteiger partial charge in [-0.1, -0.05) is 60.7 Å². The number of imidazole rings is 1. The van der Waals surface area contributed by atoms with E-state index < -0.39 is 31.1 Å². The van der Waals surface area contributed by atoms with E-state index in [1.165, 1.54) is 29.1 Å². The number of methoxy groups -OCH3 is 1. The molecule has 1 fully saturated rings. The molecule has 188 valence electrons. The van der Waals surface area contributed by atoms with Crippen LogP contribution in [-0.4, -0.2) is 73.4 Å². The van der Waals surface area contributed by atoms with E-state index in [0.717, 1.165) is 6.42 Å². The number of ether oxygens (including phenoxy) is 2. The van der Waals surface area contributed by atoms with Crippen molar-refractivity contribution in [1.29, 1.82) is 0 Å². The van der Waals surface area contributed by atoms with Crippen LogP contribution in [0, 0.1) is 0 Å². The predicted octanol–water partition coefficient (Wildman–Crippen LogP) is 2.08. The highest BCUT2D eigenvalue weighted by molar-refractivity contribution is 5.83. The van der Waals surface area contributed by atoms with Crippen LogP contribution in [0.25, 0.3) is 11.2 Å². The first-order valence-electron chi connectivity index (χ1n) is 11.9. The van der Waals surface area contributed by atoms with Crippen molar-refractivity contribution in [3.63, 3.8) is 0 Å². The quantitative estimate of drug-likeness (QED) is 0.278. The Labute approximate surface area is 208 Å². The molecule has 0 saturated carbocycles. The van der Waals surface area contributed by atoms with E-state index in [1.807, 2.05) is 36.4 Å². The van der Waals surface area contributed by atoms with Gasteiger partial charge < -0.3 is 30.1 Å². The minimum absolute atomic E-state index is 0.126. The number of rotatable bonds is 9. The zero-order valence-electron chi connectivity index (χ0n) is 19.8. The van der Waals surface area contributed by atoms with Crippen LogP contribution in [0.5, 0.6) is 6.01 Å². The summed E-state index contributed by atoms with van der Waals surface area (Å²) in [6.07, 6.45) is -2.08. The summed E-state index contributed by atoms with van der Waals surface area (Å²) in [7, 11) is 1.47. The Kier molecular flexibility index (Phi) is 7.10. The van der Waals surface area contributed by atoms with Crippen LogP contribution in [0.3, 0.4) is 0 Å². The number of nitrogens with zero attached hydrogens (tertiary/aromatic N) is 4. The Morgan fingerprint density at radius 2 is 1.67 bits per heavy atom. The first kappa shape index (κ1) is 24.1. The van der Waals surface area contributed by atoms with Crippen LogP contribution in [0.1, 0.15) is 29.7 Å². The number of aliphatic hydroxyl groups excluding tert-OH is 3. The van der Waals surface area contributed by atoms with Crippen LogP contribution in [0.15, 0.2) is 67.0 Å². The number of anilines is 1. The van der Waals surface area contributed by atoms with Crippen LogP contribution in [0.4, 0.5) is 5.82 Å². The summed E-state index contributed by atoms with van der Waals surface area (Å²) in [5.41, 5.74) is 3.31. The SMILES string of the molecule is COc1nc(NCCC(c2ccccc2)c2ccccc2)c2ncn([C@@H]3O[C@H](CO)[C@@H](O)[C@H]3O)c2n1. The van der Waals surface area contributed by atoms with E-state index in [2.05, 4.69) is 44.5 Å². The lowest BCUT2D eigenvalue weighted by molar-refractivity contribution is -0.0511. The van der Waals surface area contributed by atoms with Crippen molar-refractivity contribution >= 4 is 17.0 Å². The highest BCUT2D eigenvalue weighted by atomic mass is 16.6. The summed E-state index contributed by atoms with van der Waals surface area (Å²) >= 11 is 0. The number of aliphatic hydroxyl groups is 3. The average molecular weight is 492 g/mol. The third kappa shape index (κ3) is 4.63. The maximum absolute atomic E-state index is 10.5. The van der Waals surface area contributed by atoms with Gasteiger partial charge in [-0.05, 0) is 17.5 Å². The Morgan fingerprint density at radius 3 is 2.25 bits per heavy atom. The van der Waals surface area contributed by atoms with Crippen molar-refractivity contribution in [2.75, 3.05) is 25.6 Å². The van der Waals surface area contributed by atoms with Gasteiger partial charge in [0.05, 0.1) is 20.0 Å². The van der Waals surface area contributed by atoms with Gasteiger partial charge in [-0.25, -0.2) is 4.98 Å². The molecule has 36 heavy (non-hydrogen) atoms. The molecule has 3 heterocycles. The van der Waals surface area contributed by atoms with E-state index >= 15 is 0 Å². The number of benzene rings is 2. The second-order valence-electron chi connectivity index (χ2n) is 8.70. The van der Waals surface area contributed by atoms with Gasteiger partial charge in [0, 0.05) is 12.5 Å². The van der Waals surface area contributed by atoms with Crippen molar-refractivity contribution < 1.29 is 24.8 Å². The Morgan fingerprint density at radius 1 is 1.00 bits per heavy atom. The first-order chi connectivity index (χ1) is 17.6. The number of hydrogen-bond acceptors (Lipinski definition) is 9. The fourth-order valence-electron chi connectivity index (χ4n) is 4.64. The second-order valence-corrected chi connectivity index (χ2v) is 8.70. The molecule has 1 aliphatic heterocycles. The lowest BCUT2D eigenvalue weighted by atomic mass is 9.88. The molecule has 4 aromatic rings. The molecule has 0 aliphatic carbocycles. The molecule has 5 rings (SSSR count). The molecule has 10 nitrogen and oxygen atoms in total. The third-order valence-electron chi connectivity index (χ3n) is 6.50. The molecule has 0 amide bonds. The van der Waals surface area contributed by atoms with Crippen LogP contribution in [-0.2, 0) is 4.74 Å². The van der Waals surface area contributed by atoms with Gasteiger partial charge in [-0.15, -0.1) is 0 Å². The van der Waals surface area contributed by atoms with E-state index in [-0.39, 0.29) is 11.9 Å². The van der Waals surface area contributed by atoms with Crippen molar-refractivity contribution in [1.82, 2.24) is 19.5 Å². The number of nitrogens with one attached hydrogen (secondary N) is 1. The highest BCUT2D eigenvalue weighted by Crippen LogP contribution is 2.33. The van der Waals surface area contributed by atoms with E-state index in [1.54, 1.807) is 0 Å². The molecule has 0 unspecified atom stereocenters. The monoisotopic (exact) mass is 491 g/mol. The second kappa shape index (κ2) is 10.6. The highest BCUT2D eigenvalue weighted by Gasteiger charge is 2.44. The summed E-state index contributed by atoms with van der Waals surface area (Å²) in [5, 5.41) is 33.5. The van der Waals surface area contributed by atoms with Gasteiger partial charge in [0.1, 0.15) is 18.3 Å². The maximum Gasteiger partial charge on any atom is 0.320 e. The van der Waals surface area contributed by atoms with Crippen molar-refractivity contribution in [3.8, 4) is 6.01 Å². The Bertz CT molecular complexity index is 1250. The molecule has 0 radical (unpaired) electrons. The number of fused-ring (bicyclic) bond motifs is 1. The van der Waals surface area contributed by atoms with Gasteiger partial charge in [-0.2, -0.15) is 9.97 Å². The van der Waals surface area contributed by atoms with Gasteiger partial charge >= 0.3 is 6.01 Å². The lowest BCUT2D eigenvalue weighted by Crippen LogP contribution is -2.33. The van der Waals surface area contributed by atoms with Crippen molar-refractivity contribution in [2.24, 2.45) is 0 Å². The normalized spacial score (nSPS) is 21.8. The van der Waals surface area contributed by atoms with E-state index in [9.17, 15) is 15.3 Å². The predicted molar refractivity (Wildman–Crippen MR) is 133 cm³/mol. The molecule has 0 bridgehead atoms. The summed E-state index contributed by atoms with van der Waals surface area (Å²) in [4.78, 5) is 13.3. The van der Waals surface area contributed by atoms with Crippen molar-refractivity contribution in [3.05, 3.63) is 78.1 Å². The zero-order valence-corrected chi connectivity index (χ0v) is 19.8. The fraction of sp³-hybridized carbons (Fsp3) is 0.346. The molecule has 1 aliphatic rings. The largest absolute Gasteiger partial charge is 0.467 e. The standard InChI is InChI=1S/C26H29N5O5/c1-35-26-29-23(20-24(30-26)31(15-28-20)25-22(34)21(33)19(14-32)36-25)27-13-12-18(16-8-4-2-5-9-16)17-10-6-3-7-11-17/h2-11,15,18-19,21-22,25,32-34H,12-14H2,1H3,(H,27,29,30)/t19-,21-,22-,25-/m1/s1. The molecular formula is C26H29N5O5. The maximum atomic E-state index is 10.5. The van der Waals surface area contributed by atoms with E-state index in [4.69, 9.17) is 9.47 Å². The van der Waals surface area contributed by atoms with Crippen molar-refractivity contribution in [2.45, 2.75) is 36.9 Å². The molecular weight excluding hydrogens is 462 g/mol. The third-order valence-corrected chi connectivity index (χ3v) is 6.50. The Balaban J connectivity index is 1.40. The van der Waals surface area contributed by atoms with Gasteiger partial charge in [0.2, 0.25) is 0 Å². The van der Waals surface area contributed by atoms with Gasteiger partial charge in [-0.3, -0.25) is 4.57 Å². The van der Waals surface area contributed by atoms with Crippen LogP contribution < -0.4 is 10.1 Å². The number of aromatic nitrogens is 4. The molecule has 4 N–H and O–H groups in total. The van der Waals surface area contributed by atoms with Crippen LogP contribution >= 0.6 is 0 Å².